The Labute approximate surface area is 192 Å². The maximum Gasteiger partial charge on any atom is 0.516 e. The summed E-state index contributed by atoms with van der Waals surface area (Å²) >= 11 is 1.77. The Hall–Kier alpha value is -2.23. The Morgan fingerprint density at radius 1 is 1.25 bits per heavy atom. The fourth-order valence-electron chi connectivity index (χ4n) is 4.43. The van der Waals surface area contributed by atoms with Crippen LogP contribution in [0, 0.1) is 0 Å². The molecule has 0 spiro atoms. The fourth-order valence-corrected chi connectivity index (χ4v) is 5.39. The molecule has 1 fully saturated rings. The first kappa shape index (κ1) is 21.6. The van der Waals surface area contributed by atoms with Crippen molar-refractivity contribution in [2.45, 2.75) is 71.6 Å². The molecule has 168 valence electrons. The minimum Gasteiger partial charge on any atom is -0.398 e. The van der Waals surface area contributed by atoms with Crippen molar-refractivity contribution in [1.29, 1.82) is 0 Å². The van der Waals surface area contributed by atoms with Gasteiger partial charge in [0.1, 0.15) is 5.69 Å². The number of amides is 1. The quantitative estimate of drug-likeness (QED) is 0.570. The normalized spacial score (nSPS) is 21.9. The Balaban J connectivity index is 1.49. The van der Waals surface area contributed by atoms with Gasteiger partial charge in [-0.25, -0.2) is 9.50 Å². The molecule has 1 atom stereocenters. The van der Waals surface area contributed by atoms with Crippen LogP contribution < -0.4 is 5.59 Å². The smallest absolute Gasteiger partial charge is 0.398 e. The van der Waals surface area contributed by atoms with Crippen LogP contribution >= 0.6 is 11.3 Å². The Kier molecular flexibility index (Phi) is 5.00. The van der Waals surface area contributed by atoms with Crippen molar-refractivity contribution < 1.29 is 14.1 Å². The van der Waals surface area contributed by atoms with E-state index in [-0.39, 0.29) is 11.9 Å². The molecule has 1 amide bonds. The molecule has 0 bridgehead atoms. The van der Waals surface area contributed by atoms with E-state index in [1.165, 1.54) is 10.4 Å². The van der Waals surface area contributed by atoms with Crippen molar-refractivity contribution in [3.63, 3.8) is 0 Å². The SMILES string of the molecule is CCc1cc(C(=O)N2CCc3sccc3[C@H]2C)nc2cc(B3OC(C)(C)C(C)(C)O3)nn12. The lowest BCUT2D eigenvalue weighted by atomic mass is 9.85. The number of fused-ring (bicyclic) bond motifs is 2. The predicted octanol–water partition coefficient (Wildman–Crippen LogP) is 3.41. The summed E-state index contributed by atoms with van der Waals surface area (Å²) in [5.41, 5.74) is 3.06. The Morgan fingerprint density at radius 2 is 1.97 bits per heavy atom. The number of rotatable bonds is 3. The molecule has 2 aliphatic rings. The van der Waals surface area contributed by atoms with Gasteiger partial charge in [0.15, 0.2) is 5.65 Å². The molecule has 0 unspecified atom stereocenters. The molecule has 5 rings (SSSR count). The van der Waals surface area contributed by atoms with E-state index in [1.807, 2.05) is 44.7 Å². The van der Waals surface area contributed by atoms with Crippen molar-refractivity contribution >= 4 is 35.6 Å². The molecule has 0 N–H and O–H groups in total. The van der Waals surface area contributed by atoms with Gasteiger partial charge in [-0.2, -0.15) is 5.10 Å². The predicted molar refractivity (Wildman–Crippen MR) is 126 cm³/mol. The molecule has 0 saturated carbocycles. The monoisotopic (exact) mass is 452 g/mol. The van der Waals surface area contributed by atoms with Gasteiger partial charge in [0, 0.05) is 23.2 Å². The van der Waals surface area contributed by atoms with Gasteiger partial charge in [-0.3, -0.25) is 4.79 Å². The number of carbonyl (C=O) groups is 1. The number of nitrogens with zero attached hydrogens (tertiary/aromatic N) is 4. The lowest BCUT2D eigenvalue weighted by molar-refractivity contribution is 0.00578. The minimum atomic E-state index is -0.565. The molecule has 9 heteroatoms. The minimum absolute atomic E-state index is 0.0371. The third-order valence-corrected chi connectivity index (χ3v) is 8.13. The molecular weight excluding hydrogens is 423 g/mol. The number of hydrogen-bond acceptors (Lipinski definition) is 6. The summed E-state index contributed by atoms with van der Waals surface area (Å²) in [6, 6.07) is 5.92. The molecule has 0 radical (unpaired) electrons. The highest BCUT2D eigenvalue weighted by molar-refractivity contribution is 7.10. The third-order valence-electron chi connectivity index (χ3n) is 7.13. The van der Waals surface area contributed by atoms with Crippen LogP contribution in [0.5, 0.6) is 0 Å². The second kappa shape index (κ2) is 7.40. The summed E-state index contributed by atoms with van der Waals surface area (Å²) in [5, 5.41) is 6.84. The summed E-state index contributed by atoms with van der Waals surface area (Å²) < 4.78 is 14.1. The average molecular weight is 452 g/mol. The van der Waals surface area contributed by atoms with Crippen molar-refractivity contribution in [1.82, 2.24) is 19.5 Å². The van der Waals surface area contributed by atoms with Gasteiger partial charge in [-0.15, -0.1) is 11.3 Å². The van der Waals surface area contributed by atoms with Crippen LogP contribution in [0.15, 0.2) is 23.6 Å². The average Bonchev–Trinajstić information content (AvgIpc) is 3.43. The molecule has 7 nitrogen and oxygen atoms in total. The standard InChI is InChI=1S/C23H29BN4O3S/c1-7-15-12-17(21(29)27-10-8-18-16(14(27)2)9-11-32-18)25-20-13-19(26-28(15)20)24-30-22(3,4)23(5,6)31-24/h9,11-14H,7-8,10H2,1-6H3/t14-/m1/s1. The van der Waals surface area contributed by atoms with Crippen LogP contribution in [0.4, 0.5) is 0 Å². The van der Waals surface area contributed by atoms with Crippen molar-refractivity contribution in [2.75, 3.05) is 6.54 Å². The van der Waals surface area contributed by atoms with Gasteiger partial charge in [0.05, 0.1) is 22.8 Å². The molecule has 3 aromatic rings. The summed E-state index contributed by atoms with van der Waals surface area (Å²) in [6.07, 6.45) is 1.62. The summed E-state index contributed by atoms with van der Waals surface area (Å²) in [4.78, 5) is 21.5. The Bertz CT molecular complexity index is 1190. The van der Waals surface area contributed by atoms with Gasteiger partial charge < -0.3 is 14.2 Å². The van der Waals surface area contributed by atoms with Crippen molar-refractivity contribution in [3.05, 3.63) is 45.4 Å². The molecule has 32 heavy (non-hydrogen) atoms. The second-order valence-corrected chi connectivity index (χ2v) is 10.6. The van der Waals surface area contributed by atoms with E-state index >= 15 is 0 Å². The topological polar surface area (TPSA) is 69.0 Å². The molecule has 5 heterocycles. The molecule has 0 aromatic carbocycles. The molecule has 2 aliphatic heterocycles. The Morgan fingerprint density at radius 3 is 2.66 bits per heavy atom. The highest BCUT2D eigenvalue weighted by atomic mass is 32.1. The van der Waals surface area contributed by atoms with Gasteiger partial charge in [0.2, 0.25) is 0 Å². The highest BCUT2D eigenvalue weighted by Gasteiger charge is 2.52. The van der Waals surface area contributed by atoms with E-state index in [2.05, 4.69) is 25.3 Å². The van der Waals surface area contributed by atoms with Crippen LogP contribution in [0.2, 0.25) is 0 Å². The number of aromatic nitrogens is 3. The van der Waals surface area contributed by atoms with Crippen LogP contribution in [0.1, 0.15) is 74.2 Å². The zero-order valence-electron chi connectivity index (χ0n) is 19.5. The number of hydrogen-bond donors (Lipinski definition) is 0. The third kappa shape index (κ3) is 3.29. The summed E-state index contributed by atoms with van der Waals surface area (Å²) in [7, 11) is -0.565. The van der Waals surface area contributed by atoms with Crippen molar-refractivity contribution in [2.24, 2.45) is 0 Å². The maximum absolute atomic E-state index is 13.5. The lowest BCUT2D eigenvalue weighted by Gasteiger charge is -2.33. The maximum atomic E-state index is 13.5. The van der Waals surface area contributed by atoms with E-state index in [1.54, 1.807) is 15.9 Å². The molecule has 3 aromatic heterocycles. The van der Waals surface area contributed by atoms with E-state index in [0.717, 1.165) is 18.5 Å². The first-order valence-corrected chi connectivity index (χ1v) is 12.1. The zero-order valence-corrected chi connectivity index (χ0v) is 20.3. The first-order chi connectivity index (χ1) is 15.1. The molecule has 0 aliphatic carbocycles. The van der Waals surface area contributed by atoms with Crippen LogP contribution in [-0.4, -0.2) is 50.3 Å². The summed E-state index contributed by atoms with van der Waals surface area (Å²) in [5.74, 6) is -0.0371. The van der Waals surface area contributed by atoms with Crippen molar-refractivity contribution in [3.8, 4) is 0 Å². The van der Waals surface area contributed by atoms with Crippen LogP contribution in [-0.2, 0) is 22.2 Å². The first-order valence-electron chi connectivity index (χ1n) is 11.2. The van der Waals surface area contributed by atoms with Gasteiger partial charge in [-0.05, 0) is 70.5 Å². The van der Waals surface area contributed by atoms with E-state index in [0.29, 0.717) is 23.5 Å². The largest absolute Gasteiger partial charge is 0.516 e. The zero-order chi connectivity index (χ0) is 22.8. The summed E-state index contributed by atoms with van der Waals surface area (Å²) in [6.45, 7) is 12.9. The van der Waals surface area contributed by atoms with E-state index < -0.39 is 18.3 Å². The second-order valence-electron chi connectivity index (χ2n) is 9.64. The van der Waals surface area contributed by atoms with Gasteiger partial charge in [-0.1, -0.05) is 6.92 Å². The lowest BCUT2D eigenvalue weighted by Crippen LogP contribution is -2.41. The fraction of sp³-hybridized carbons (Fsp3) is 0.522. The number of carbonyl (C=O) groups excluding carboxylic acids is 1. The van der Waals surface area contributed by atoms with Gasteiger partial charge >= 0.3 is 7.12 Å². The van der Waals surface area contributed by atoms with E-state index in [9.17, 15) is 4.79 Å². The van der Waals surface area contributed by atoms with Crippen LogP contribution in [0.3, 0.4) is 0 Å². The number of thiophene rings is 1. The molecule has 1 saturated heterocycles. The highest BCUT2D eigenvalue weighted by Crippen LogP contribution is 2.36. The van der Waals surface area contributed by atoms with E-state index in [4.69, 9.17) is 19.4 Å². The van der Waals surface area contributed by atoms with Crippen LogP contribution in [0.25, 0.3) is 5.65 Å². The van der Waals surface area contributed by atoms with Gasteiger partial charge in [0.25, 0.3) is 5.91 Å². The molecular formula is C23H29BN4O3S. The number of aryl methyl sites for hydroxylation is 1.